The van der Waals surface area contributed by atoms with Crippen molar-refractivity contribution in [3.05, 3.63) is 11.6 Å². The van der Waals surface area contributed by atoms with E-state index in [9.17, 15) is 8.42 Å². The minimum absolute atomic E-state index is 0.516. The summed E-state index contributed by atoms with van der Waals surface area (Å²) in [4.78, 5) is 0. The Morgan fingerprint density at radius 2 is 2.06 bits per heavy atom. The Labute approximate surface area is 112 Å². The largest absolute Gasteiger partial charge is 0.315 e. The van der Waals surface area contributed by atoms with Crippen molar-refractivity contribution in [2.24, 2.45) is 11.8 Å². The van der Waals surface area contributed by atoms with E-state index in [0.717, 1.165) is 6.54 Å². The van der Waals surface area contributed by atoms with Crippen LogP contribution >= 0.6 is 0 Å². The molecule has 1 N–H and O–H groups in total. The molecule has 106 valence electrons. The van der Waals surface area contributed by atoms with Gasteiger partial charge in [0.05, 0.1) is 4.75 Å². The third-order valence-corrected chi connectivity index (χ3v) is 6.43. The van der Waals surface area contributed by atoms with Gasteiger partial charge in [0.2, 0.25) is 0 Å². The van der Waals surface area contributed by atoms with Gasteiger partial charge in [-0.05, 0) is 45.4 Å². The molecule has 0 amide bonds. The fourth-order valence-corrected chi connectivity index (χ4v) is 2.76. The molecular weight excluding hydrogens is 246 g/mol. The lowest BCUT2D eigenvalue weighted by Crippen LogP contribution is -2.43. The van der Waals surface area contributed by atoms with Gasteiger partial charge in [0.15, 0.2) is 9.84 Å². The highest BCUT2D eigenvalue weighted by atomic mass is 32.2. The molecule has 0 fully saturated rings. The van der Waals surface area contributed by atoms with Crippen molar-refractivity contribution in [2.45, 2.75) is 45.3 Å². The van der Waals surface area contributed by atoms with E-state index in [1.165, 1.54) is 24.7 Å². The lowest BCUT2D eigenvalue weighted by Gasteiger charge is -2.30. The van der Waals surface area contributed by atoms with Gasteiger partial charge in [-0.2, -0.15) is 0 Å². The molecule has 0 aliphatic heterocycles. The van der Waals surface area contributed by atoms with Crippen LogP contribution in [-0.2, 0) is 9.84 Å². The van der Waals surface area contributed by atoms with Crippen LogP contribution in [0.2, 0.25) is 0 Å². The average Bonchev–Trinajstić information content (AvgIpc) is 2.20. The van der Waals surface area contributed by atoms with E-state index < -0.39 is 14.6 Å². The van der Waals surface area contributed by atoms with Gasteiger partial charge in [-0.3, -0.25) is 0 Å². The summed E-state index contributed by atoms with van der Waals surface area (Å²) in [6.45, 7) is 9.42. The predicted molar refractivity (Wildman–Crippen MR) is 77.4 cm³/mol. The zero-order valence-corrected chi connectivity index (χ0v) is 13.1. The molecule has 0 unspecified atom stereocenters. The van der Waals surface area contributed by atoms with E-state index in [1.807, 2.05) is 0 Å². The monoisotopic (exact) mass is 273 g/mol. The first kappa shape index (κ1) is 15.7. The van der Waals surface area contributed by atoms with E-state index in [-0.39, 0.29) is 0 Å². The third-order valence-electron chi connectivity index (χ3n) is 4.28. The first-order valence-corrected chi connectivity index (χ1v) is 8.61. The summed E-state index contributed by atoms with van der Waals surface area (Å²) in [5.74, 6) is 1.23. The number of hydrogen-bond acceptors (Lipinski definition) is 3. The molecule has 1 aliphatic carbocycles. The van der Waals surface area contributed by atoms with Gasteiger partial charge in [0.1, 0.15) is 0 Å². The van der Waals surface area contributed by atoms with E-state index in [0.29, 0.717) is 18.4 Å². The summed E-state index contributed by atoms with van der Waals surface area (Å²) in [6.07, 6.45) is 6.04. The second kappa shape index (κ2) is 5.74. The van der Waals surface area contributed by atoms with Crippen LogP contribution in [0.3, 0.4) is 0 Å². The Balaban J connectivity index is 2.52. The second-order valence-corrected chi connectivity index (χ2v) is 8.92. The van der Waals surface area contributed by atoms with Crippen molar-refractivity contribution in [2.75, 3.05) is 19.3 Å². The van der Waals surface area contributed by atoms with Gasteiger partial charge < -0.3 is 5.32 Å². The number of sulfone groups is 1. The van der Waals surface area contributed by atoms with Crippen LogP contribution in [-0.4, -0.2) is 32.5 Å². The molecule has 0 aromatic carbocycles. The SMILES string of the molecule is CC1=CCC[C@H](C)[C@H]1CNCC(C)(C)S(C)(=O)=O. The van der Waals surface area contributed by atoms with Crippen molar-refractivity contribution < 1.29 is 8.42 Å². The van der Waals surface area contributed by atoms with Crippen LogP contribution in [0.1, 0.15) is 40.5 Å². The summed E-state index contributed by atoms with van der Waals surface area (Å²) in [5.41, 5.74) is 1.44. The van der Waals surface area contributed by atoms with Gasteiger partial charge >= 0.3 is 0 Å². The van der Waals surface area contributed by atoms with E-state index >= 15 is 0 Å². The molecule has 0 spiro atoms. The normalized spacial score (nSPS) is 25.9. The first-order chi connectivity index (χ1) is 8.15. The van der Waals surface area contributed by atoms with Crippen LogP contribution in [0.15, 0.2) is 11.6 Å². The molecule has 2 atom stereocenters. The van der Waals surface area contributed by atoms with Crippen LogP contribution in [0, 0.1) is 11.8 Å². The van der Waals surface area contributed by atoms with Crippen LogP contribution < -0.4 is 5.32 Å². The molecule has 0 aromatic heterocycles. The molecule has 1 aliphatic rings. The molecule has 0 radical (unpaired) electrons. The Hall–Kier alpha value is -0.350. The number of nitrogens with one attached hydrogen (secondary N) is 1. The molecule has 0 saturated heterocycles. The van der Waals surface area contributed by atoms with Crippen molar-refractivity contribution in [3.63, 3.8) is 0 Å². The van der Waals surface area contributed by atoms with Gasteiger partial charge in [0.25, 0.3) is 0 Å². The molecule has 0 bridgehead atoms. The summed E-state index contributed by atoms with van der Waals surface area (Å²) in [5, 5.41) is 3.34. The van der Waals surface area contributed by atoms with E-state index in [2.05, 4.69) is 25.2 Å². The lowest BCUT2D eigenvalue weighted by atomic mass is 9.80. The standard InChI is InChI=1S/C14H27NO2S/c1-11-7-6-8-12(2)13(11)9-15-10-14(3,4)18(5,16)17/h7,12-13,15H,6,8-10H2,1-5H3/t12-,13-/m0/s1. The fourth-order valence-electron chi connectivity index (χ4n) is 2.40. The first-order valence-electron chi connectivity index (χ1n) is 6.72. The topological polar surface area (TPSA) is 46.2 Å². The smallest absolute Gasteiger partial charge is 0.153 e. The van der Waals surface area contributed by atoms with Gasteiger partial charge in [-0.25, -0.2) is 8.42 Å². The van der Waals surface area contributed by atoms with Crippen molar-refractivity contribution in [1.29, 1.82) is 0 Å². The second-order valence-electron chi connectivity index (χ2n) is 6.27. The number of hydrogen-bond donors (Lipinski definition) is 1. The highest BCUT2D eigenvalue weighted by molar-refractivity contribution is 7.92. The molecule has 4 heteroatoms. The maximum absolute atomic E-state index is 11.6. The summed E-state index contributed by atoms with van der Waals surface area (Å²) in [7, 11) is -3.01. The molecule has 0 aromatic rings. The zero-order valence-electron chi connectivity index (χ0n) is 12.3. The maximum atomic E-state index is 11.6. The van der Waals surface area contributed by atoms with Gasteiger partial charge in [-0.15, -0.1) is 0 Å². The Morgan fingerprint density at radius 1 is 1.44 bits per heavy atom. The third kappa shape index (κ3) is 3.82. The van der Waals surface area contributed by atoms with Crippen LogP contribution in [0.4, 0.5) is 0 Å². The quantitative estimate of drug-likeness (QED) is 0.782. The minimum atomic E-state index is -3.01. The van der Waals surface area contributed by atoms with Crippen molar-refractivity contribution in [3.8, 4) is 0 Å². The summed E-state index contributed by atoms with van der Waals surface area (Å²) >= 11 is 0. The average molecular weight is 273 g/mol. The number of allylic oxidation sites excluding steroid dienone is 1. The van der Waals surface area contributed by atoms with E-state index in [1.54, 1.807) is 13.8 Å². The zero-order chi connectivity index (χ0) is 14.0. The van der Waals surface area contributed by atoms with E-state index in [4.69, 9.17) is 0 Å². The number of rotatable bonds is 5. The van der Waals surface area contributed by atoms with Gasteiger partial charge in [-0.1, -0.05) is 18.6 Å². The van der Waals surface area contributed by atoms with Crippen molar-refractivity contribution in [1.82, 2.24) is 5.32 Å². The molecule has 18 heavy (non-hydrogen) atoms. The summed E-state index contributed by atoms with van der Waals surface area (Å²) < 4.78 is 22.5. The highest BCUT2D eigenvalue weighted by Crippen LogP contribution is 2.29. The Bertz CT molecular complexity index is 410. The molecule has 0 heterocycles. The van der Waals surface area contributed by atoms with Gasteiger partial charge in [0, 0.05) is 19.3 Å². The molecule has 3 nitrogen and oxygen atoms in total. The molecule has 1 rings (SSSR count). The lowest BCUT2D eigenvalue weighted by molar-refractivity contribution is 0.346. The molecule has 0 saturated carbocycles. The summed E-state index contributed by atoms with van der Waals surface area (Å²) in [6, 6.07) is 0. The van der Waals surface area contributed by atoms with Crippen molar-refractivity contribution >= 4 is 9.84 Å². The Kier molecular flexibility index (Phi) is 5.01. The minimum Gasteiger partial charge on any atom is -0.315 e. The Morgan fingerprint density at radius 3 is 2.56 bits per heavy atom. The fraction of sp³-hybridized carbons (Fsp3) is 0.857. The van der Waals surface area contributed by atoms with Crippen LogP contribution in [0.25, 0.3) is 0 Å². The van der Waals surface area contributed by atoms with Crippen LogP contribution in [0.5, 0.6) is 0 Å². The maximum Gasteiger partial charge on any atom is 0.153 e. The predicted octanol–water partition coefficient (Wildman–Crippen LogP) is 2.39. The highest BCUT2D eigenvalue weighted by Gasteiger charge is 2.30. The molecular formula is C14H27NO2S.